The van der Waals surface area contributed by atoms with Crippen LogP contribution in [0.4, 0.5) is 10.1 Å². The van der Waals surface area contributed by atoms with E-state index in [1.165, 1.54) is 0 Å². The van der Waals surface area contributed by atoms with Crippen LogP contribution in [0.5, 0.6) is 0 Å². The Morgan fingerprint density at radius 3 is 2.68 bits per heavy atom. The molecule has 1 unspecified atom stereocenters. The van der Waals surface area contributed by atoms with Crippen molar-refractivity contribution < 1.29 is 17.7 Å². The Kier molecular flexibility index (Phi) is 4.92. The predicted octanol–water partition coefficient (Wildman–Crippen LogP) is 0.749. The van der Waals surface area contributed by atoms with Gasteiger partial charge in [0.05, 0.1) is 4.92 Å². The van der Waals surface area contributed by atoms with Crippen LogP contribution in [0.1, 0.15) is 13.3 Å². The Morgan fingerprint density at radius 2 is 2.16 bits per heavy atom. The quantitative estimate of drug-likeness (QED) is 0.592. The van der Waals surface area contributed by atoms with Crippen molar-refractivity contribution in [3.63, 3.8) is 0 Å². The summed E-state index contributed by atoms with van der Waals surface area (Å²) in [6.45, 7) is 1.66. The average molecular weight is 291 g/mol. The van der Waals surface area contributed by atoms with Gasteiger partial charge in [0, 0.05) is 18.7 Å². The molecule has 0 spiro atoms. The van der Waals surface area contributed by atoms with E-state index >= 15 is 0 Å². The van der Waals surface area contributed by atoms with Crippen molar-refractivity contribution in [1.29, 1.82) is 0 Å². The summed E-state index contributed by atoms with van der Waals surface area (Å²) in [5.41, 5.74) is 4.65. The van der Waals surface area contributed by atoms with E-state index in [-0.39, 0.29) is 12.6 Å². The smallest absolute Gasteiger partial charge is 0.292 e. The third kappa shape index (κ3) is 3.94. The Balaban J connectivity index is 3.10. The highest BCUT2D eigenvalue weighted by atomic mass is 32.2. The molecule has 0 saturated heterocycles. The molecule has 7 nitrogen and oxygen atoms in total. The number of nitrogens with two attached hydrogens (primary N) is 1. The second-order valence-corrected chi connectivity index (χ2v) is 5.71. The van der Waals surface area contributed by atoms with Crippen molar-refractivity contribution in [1.82, 2.24) is 4.72 Å². The summed E-state index contributed by atoms with van der Waals surface area (Å²) in [4.78, 5) is 8.83. The normalized spacial score (nSPS) is 13.2. The van der Waals surface area contributed by atoms with Crippen molar-refractivity contribution in [2.75, 3.05) is 6.54 Å². The summed E-state index contributed by atoms with van der Waals surface area (Å²) >= 11 is 0. The number of halogens is 1. The number of sulfonamides is 1. The first-order chi connectivity index (χ1) is 8.75. The molecule has 0 fully saturated rings. The molecule has 1 aromatic rings. The molecule has 19 heavy (non-hydrogen) atoms. The van der Waals surface area contributed by atoms with Crippen molar-refractivity contribution in [3.8, 4) is 0 Å². The molecule has 0 bridgehead atoms. The second kappa shape index (κ2) is 6.04. The minimum Gasteiger partial charge on any atom is -0.328 e. The highest BCUT2D eigenvalue weighted by Gasteiger charge is 2.29. The molecule has 0 radical (unpaired) electrons. The molecule has 1 atom stereocenters. The van der Waals surface area contributed by atoms with Crippen LogP contribution in [0.25, 0.3) is 0 Å². The Bertz CT molecular complexity index is 574. The van der Waals surface area contributed by atoms with Gasteiger partial charge in [-0.15, -0.1) is 0 Å². The zero-order valence-corrected chi connectivity index (χ0v) is 11.0. The number of nitrogens with one attached hydrogen (secondary N) is 1. The standard InChI is InChI=1S/C10H14FN3O4S/c1-7(12)5-6-13-19(17,18)10-8(11)3-2-4-9(10)14(15)16/h2-4,7,13H,5-6,12H2,1H3. The van der Waals surface area contributed by atoms with Gasteiger partial charge in [-0.3, -0.25) is 10.1 Å². The molecule has 106 valence electrons. The monoisotopic (exact) mass is 291 g/mol. The van der Waals surface area contributed by atoms with Gasteiger partial charge < -0.3 is 5.73 Å². The lowest BCUT2D eigenvalue weighted by atomic mass is 10.3. The Labute approximate surface area is 109 Å². The average Bonchev–Trinajstić information content (AvgIpc) is 2.27. The van der Waals surface area contributed by atoms with E-state index in [4.69, 9.17) is 5.73 Å². The van der Waals surface area contributed by atoms with Crippen molar-refractivity contribution in [2.24, 2.45) is 5.73 Å². The summed E-state index contributed by atoms with van der Waals surface area (Å²) in [6, 6.07) is 2.63. The van der Waals surface area contributed by atoms with E-state index in [1.54, 1.807) is 6.92 Å². The number of nitro benzene ring substituents is 1. The van der Waals surface area contributed by atoms with Crippen LogP contribution in [0, 0.1) is 15.9 Å². The Morgan fingerprint density at radius 1 is 1.53 bits per heavy atom. The fourth-order valence-corrected chi connectivity index (χ4v) is 2.67. The summed E-state index contributed by atoms with van der Waals surface area (Å²) in [7, 11) is -4.28. The van der Waals surface area contributed by atoms with Gasteiger partial charge in [0.15, 0.2) is 4.90 Å². The van der Waals surface area contributed by atoms with E-state index in [9.17, 15) is 22.9 Å². The van der Waals surface area contributed by atoms with Gasteiger partial charge in [-0.2, -0.15) is 0 Å². The van der Waals surface area contributed by atoms with E-state index < -0.39 is 31.3 Å². The van der Waals surface area contributed by atoms with E-state index in [1.807, 2.05) is 0 Å². The van der Waals surface area contributed by atoms with Crippen LogP contribution >= 0.6 is 0 Å². The molecule has 0 aliphatic rings. The summed E-state index contributed by atoms with van der Waals surface area (Å²) < 4.78 is 39.4. The van der Waals surface area contributed by atoms with Gasteiger partial charge in [0.2, 0.25) is 10.0 Å². The number of nitro groups is 1. The molecule has 0 aliphatic carbocycles. The van der Waals surface area contributed by atoms with Crippen LogP contribution in [-0.2, 0) is 10.0 Å². The van der Waals surface area contributed by atoms with Crippen LogP contribution in [0.15, 0.2) is 23.1 Å². The molecule has 9 heteroatoms. The van der Waals surface area contributed by atoms with Crippen molar-refractivity contribution in [3.05, 3.63) is 34.1 Å². The largest absolute Gasteiger partial charge is 0.328 e. The van der Waals surface area contributed by atoms with Gasteiger partial charge in [-0.1, -0.05) is 6.07 Å². The first-order valence-electron chi connectivity index (χ1n) is 5.44. The van der Waals surface area contributed by atoms with E-state index in [2.05, 4.69) is 4.72 Å². The summed E-state index contributed by atoms with van der Waals surface area (Å²) in [6.07, 6.45) is 0.335. The molecule has 0 heterocycles. The number of hydrogen-bond donors (Lipinski definition) is 2. The minimum absolute atomic E-state index is 0.0223. The maximum atomic E-state index is 13.5. The van der Waals surface area contributed by atoms with E-state index in [0.29, 0.717) is 6.42 Å². The maximum Gasteiger partial charge on any atom is 0.292 e. The molecule has 0 aliphatic heterocycles. The molecule has 1 rings (SSSR count). The first kappa shape index (κ1) is 15.5. The van der Waals surface area contributed by atoms with Crippen LogP contribution in [-0.4, -0.2) is 25.9 Å². The number of hydrogen-bond acceptors (Lipinski definition) is 5. The molecule has 1 aromatic carbocycles. The second-order valence-electron chi connectivity index (χ2n) is 4.01. The lowest BCUT2D eigenvalue weighted by molar-refractivity contribution is -0.388. The maximum absolute atomic E-state index is 13.5. The molecular formula is C10H14FN3O4S. The SMILES string of the molecule is CC(N)CCNS(=O)(=O)c1c(F)cccc1[N+](=O)[O-]. The summed E-state index contributed by atoms with van der Waals surface area (Å²) in [5.74, 6) is -1.16. The highest BCUT2D eigenvalue weighted by Crippen LogP contribution is 2.25. The van der Waals surface area contributed by atoms with Crippen LogP contribution in [0.3, 0.4) is 0 Å². The lowest BCUT2D eigenvalue weighted by Crippen LogP contribution is -2.30. The third-order valence-electron chi connectivity index (χ3n) is 2.30. The van der Waals surface area contributed by atoms with Crippen molar-refractivity contribution in [2.45, 2.75) is 24.3 Å². The number of benzene rings is 1. The fraction of sp³-hybridized carbons (Fsp3) is 0.400. The minimum atomic E-state index is -4.28. The van der Waals surface area contributed by atoms with E-state index in [0.717, 1.165) is 18.2 Å². The Hall–Kier alpha value is -1.58. The van der Waals surface area contributed by atoms with Gasteiger partial charge in [0.25, 0.3) is 5.69 Å². The molecule has 0 saturated carbocycles. The molecule has 0 aromatic heterocycles. The lowest BCUT2D eigenvalue weighted by Gasteiger charge is -2.09. The molecule has 0 amide bonds. The van der Waals surface area contributed by atoms with Gasteiger partial charge in [0.1, 0.15) is 5.82 Å². The number of nitrogens with zero attached hydrogens (tertiary/aromatic N) is 1. The molecular weight excluding hydrogens is 277 g/mol. The molecule has 3 N–H and O–H groups in total. The fourth-order valence-electron chi connectivity index (χ4n) is 1.40. The van der Waals surface area contributed by atoms with Gasteiger partial charge in [-0.25, -0.2) is 17.5 Å². The van der Waals surface area contributed by atoms with Gasteiger partial charge >= 0.3 is 0 Å². The van der Waals surface area contributed by atoms with Crippen LogP contribution in [0.2, 0.25) is 0 Å². The zero-order valence-electron chi connectivity index (χ0n) is 10.2. The third-order valence-corrected chi connectivity index (χ3v) is 3.83. The highest BCUT2D eigenvalue weighted by molar-refractivity contribution is 7.89. The van der Waals surface area contributed by atoms with Crippen molar-refractivity contribution >= 4 is 15.7 Å². The first-order valence-corrected chi connectivity index (χ1v) is 6.92. The summed E-state index contributed by atoms with van der Waals surface area (Å²) in [5, 5.41) is 10.7. The van der Waals surface area contributed by atoms with Crippen LogP contribution < -0.4 is 10.5 Å². The predicted molar refractivity (Wildman–Crippen MR) is 66.5 cm³/mol. The zero-order chi connectivity index (χ0) is 14.6. The number of rotatable bonds is 6. The van der Waals surface area contributed by atoms with Gasteiger partial charge in [-0.05, 0) is 19.4 Å². The topological polar surface area (TPSA) is 115 Å².